The van der Waals surface area contributed by atoms with Gasteiger partial charge in [-0.3, -0.25) is 4.99 Å². The van der Waals surface area contributed by atoms with Crippen molar-refractivity contribution in [3.63, 3.8) is 0 Å². The van der Waals surface area contributed by atoms with Crippen molar-refractivity contribution in [2.75, 3.05) is 26.2 Å². The summed E-state index contributed by atoms with van der Waals surface area (Å²) in [5.41, 5.74) is 0. The van der Waals surface area contributed by atoms with E-state index in [2.05, 4.69) is 44.2 Å². The van der Waals surface area contributed by atoms with Crippen molar-refractivity contribution < 1.29 is 4.74 Å². The Kier molecular flexibility index (Phi) is 7.86. The lowest BCUT2D eigenvalue weighted by Crippen LogP contribution is -2.40. The summed E-state index contributed by atoms with van der Waals surface area (Å²) in [7, 11) is 0. The molecule has 1 atom stereocenters. The lowest BCUT2D eigenvalue weighted by Gasteiger charge is -2.21. The molecule has 7 nitrogen and oxygen atoms in total. The standard InChI is InChI=1S/C16H30N6O/c1-3-8-17-16(19-12-14-7-5-6-11-23-14)18-9-10-22-13-20-21-15(22)4-2/h13-14H,3-12H2,1-2H3,(H2,17,18,19). The Balaban J connectivity index is 1.79. The highest BCUT2D eigenvalue weighted by Crippen LogP contribution is 2.12. The average molecular weight is 322 g/mol. The number of nitrogens with zero attached hydrogens (tertiary/aromatic N) is 4. The third kappa shape index (κ3) is 6.17. The van der Waals surface area contributed by atoms with E-state index in [1.165, 1.54) is 12.8 Å². The van der Waals surface area contributed by atoms with E-state index in [-0.39, 0.29) is 6.10 Å². The highest BCUT2D eigenvalue weighted by atomic mass is 16.5. The molecule has 0 spiro atoms. The van der Waals surface area contributed by atoms with Gasteiger partial charge in [0.2, 0.25) is 0 Å². The molecular formula is C16H30N6O. The summed E-state index contributed by atoms with van der Waals surface area (Å²) >= 11 is 0. The SMILES string of the molecule is CCCNC(=NCC1CCCCO1)NCCn1cnnc1CC. The Morgan fingerprint density at radius 3 is 2.96 bits per heavy atom. The van der Waals surface area contributed by atoms with Crippen molar-refractivity contribution in [1.82, 2.24) is 25.4 Å². The molecule has 0 radical (unpaired) electrons. The molecule has 1 unspecified atom stereocenters. The second-order valence-corrected chi connectivity index (χ2v) is 5.83. The lowest BCUT2D eigenvalue weighted by molar-refractivity contribution is 0.0224. The zero-order chi connectivity index (χ0) is 16.3. The third-order valence-corrected chi connectivity index (χ3v) is 3.93. The van der Waals surface area contributed by atoms with E-state index in [9.17, 15) is 0 Å². The number of aryl methyl sites for hydroxylation is 1. The Morgan fingerprint density at radius 2 is 2.22 bits per heavy atom. The minimum atomic E-state index is 0.272. The smallest absolute Gasteiger partial charge is 0.191 e. The first-order chi connectivity index (χ1) is 11.3. The quantitative estimate of drug-likeness (QED) is 0.558. The van der Waals surface area contributed by atoms with Crippen LogP contribution in [-0.4, -0.2) is 53.1 Å². The van der Waals surface area contributed by atoms with Gasteiger partial charge < -0.3 is 19.9 Å². The molecule has 0 aliphatic carbocycles. The van der Waals surface area contributed by atoms with Gasteiger partial charge in [0.1, 0.15) is 12.2 Å². The van der Waals surface area contributed by atoms with Gasteiger partial charge in [0.25, 0.3) is 0 Å². The van der Waals surface area contributed by atoms with Gasteiger partial charge in [-0.1, -0.05) is 13.8 Å². The molecule has 1 aromatic heterocycles. The van der Waals surface area contributed by atoms with Crippen LogP contribution in [0, 0.1) is 0 Å². The maximum absolute atomic E-state index is 5.74. The topological polar surface area (TPSA) is 76.4 Å². The van der Waals surface area contributed by atoms with Gasteiger partial charge in [0.15, 0.2) is 5.96 Å². The molecule has 7 heteroatoms. The summed E-state index contributed by atoms with van der Waals surface area (Å²) in [6, 6.07) is 0. The molecule has 0 aromatic carbocycles. The van der Waals surface area contributed by atoms with Crippen molar-refractivity contribution in [1.29, 1.82) is 0 Å². The van der Waals surface area contributed by atoms with Gasteiger partial charge >= 0.3 is 0 Å². The first kappa shape index (κ1) is 17.7. The van der Waals surface area contributed by atoms with Gasteiger partial charge in [-0.2, -0.15) is 0 Å². The van der Waals surface area contributed by atoms with E-state index in [1.807, 2.05) is 0 Å². The maximum Gasteiger partial charge on any atom is 0.191 e. The monoisotopic (exact) mass is 322 g/mol. The van der Waals surface area contributed by atoms with Crippen LogP contribution < -0.4 is 10.6 Å². The number of nitrogens with one attached hydrogen (secondary N) is 2. The van der Waals surface area contributed by atoms with Crippen LogP contribution in [-0.2, 0) is 17.7 Å². The molecule has 0 saturated carbocycles. The van der Waals surface area contributed by atoms with Crippen LogP contribution >= 0.6 is 0 Å². The van der Waals surface area contributed by atoms with E-state index < -0.39 is 0 Å². The Morgan fingerprint density at radius 1 is 1.35 bits per heavy atom. The molecule has 2 rings (SSSR count). The van der Waals surface area contributed by atoms with Gasteiger partial charge in [0, 0.05) is 32.7 Å². The van der Waals surface area contributed by atoms with E-state index in [4.69, 9.17) is 4.74 Å². The molecular weight excluding hydrogens is 292 g/mol. The van der Waals surface area contributed by atoms with Gasteiger partial charge in [-0.25, -0.2) is 0 Å². The maximum atomic E-state index is 5.74. The van der Waals surface area contributed by atoms with Crippen molar-refractivity contribution in [2.24, 2.45) is 4.99 Å². The van der Waals surface area contributed by atoms with Gasteiger partial charge in [-0.15, -0.1) is 10.2 Å². The molecule has 0 bridgehead atoms. The highest BCUT2D eigenvalue weighted by Gasteiger charge is 2.13. The normalized spacial score (nSPS) is 18.9. The molecule has 2 heterocycles. The van der Waals surface area contributed by atoms with E-state index in [1.54, 1.807) is 6.33 Å². The molecule has 2 N–H and O–H groups in total. The fraction of sp³-hybridized carbons (Fsp3) is 0.812. The highest BCUT2D eigenvalue weighted by molar-refractivity contribution is 5.79. The molecule has 1 saturated heterocycles. The van der Waals surface area contributed by atoms with E-state index in [0.717, 1.165) is 63.8 Å². The zero-order valence-electron chi connectivity index (χ0n) is 14.4. The summed E-state index contributed by atoms with van der Waals surface area (Å²) in [5, 5.41) is 14.8. The minimum Gasteiger partial charge on any atom is -0.376 e. The number of aromatic nitrogens is 3. The lowest BCUT2D eigenvalue weighted by atomic mass is 10.1. The van der Waals surface area contributed by atoms with Crippen LogP contribution in [0.2, 0.25) is 0 Å². The number of hydrogen-bond donors (Lipinski definition) is 2. The Labute approximate surface area is 138 Å². The summed E-state index contributed by atoms with van der Waals surface area (Å²) in [6.45, 7) is 8.40. The van der Waals surface area contributed by atoms with Crippen molar-refractivity contribution >= 4 is 5.96 Å². The number of guanidine groups is 1. The summed E-state index contributed by atoms with van der Waals surface area (Å²) in [5.74, 6) is 1.88. The predicted octanol–water partition coefficient (Wildman–Crippen LogP) is 1.35. The van der Waals surface area contributed by atoms with Crippen molar-refractivity contribution in [3.8, 4) is 0 Å². The van der Waals surface area contributed by atoms with E-state index in [0.29, 0.717) is 0 Å². The molecule has 0 amide bonds. The Hall–Kier alpha value is -1.63. The average Bonchev–Trinajstić information content (AvgIpc) is 3.05. The van der Waals surface area contributed by atoms with E-state index >= 15 is 0 Å². The molecule has 1 aliphatic heterocycles. The summed E-state index contributed by atoms with van der Waals surface area (Å²) in [6.07, 6.45) is 7.57. The fourth-order valence-electron chi connectivity index (χ4n) is 2.60. The van der Waals surface area contributed by atoms with Crippen LogP contribution in [0.5, 0.6) is 0 Å². The van der Waals surface area contributed by atoms with Crippen LogP contribution in [0.25, 0.3) is 0 Å². The van der Waals surface area contributed by atoms with Gasteiger partial charge in [0.05, 0.1) is 12.6 Å². The molecule has 1 aromatic rings. The second-order valence-electron chi connectivity index (χ2n) is 5.83. The molecule has 1 aliphatic rings. The Bertz CT molecular complexity index is 467. The summed E-state index contributed by atoms with van der Waals surface area (Å²) in [4.78, 5) is 4.68. The van der Waals surface area contributed by atoms with Gasteiger partial charge in [-0.05, 0) is 25.7 Å². The molecule has 23 heavy (non-hydrogen) atoms. The third-order valence-electron chi connectivity index (χ3n) is 3.93. The van der Waals surface area contributed by atoms with Crippen LogP contribution in [0.1, 0.15) is 45.4 Å². The number of hydrogen-bond acceptors (Lipinski definition) is 4. The second kappa shape index (κ2) is 10.2. The van der Waals surface area contributed by atoms with Crippen molar-refractivity contribution in [2.45, 2.75) is 58.6 Å². The zero-order valence-corrected chi connectivity index (χ0v) is 14.4. The van der Waals surface area contributed by atoms with Crippen molar-refractivity contribution in [3.05, 3.63) is 12.2 Å². The minimum absolute atomic E-state index is 0.272. The fourth-order valence-corrected chi connectivity index (χ4v) is 2.60. The van der Waals surface area contributed by atoms with Crippen LogP contribution in [0.3, 0.4) is 0 Å². The number of aliphatic imine (C=N–C) groups is 1. The summed E-state index contributed by atoms with van der Waals surface area (Å²) < 4.78 is 7.82. The molecule has 1 fully saturated rings. The molecule has 130 valence electrons. The number of ether oxygens (including phenoxy) is 1. The number of rotatable bonds is 8. The largest absolute Gasteiger partial charge is 0.376 e. The van der Waals surface area contributed by atoms with Crippen LogP contribution in [0.15, 0.2) is 11.3 Å². The predicted molar refractivity (Wildman–Crippen MR) is 91.6 cm³/mol. The van der Waals surface area contributed by atoms with Crippen LogP contribution in [0.4, 0.5) is 0 Å². The first-order valence-electron chi connectivity index (χ1n) is 8.84. The first-order valence-corrected chi connectivity index (χ1v) is 8.84.